The summed E-state index contributed by atoms with van der Waals surface area (Å²) in [6.45, 7) is 1.93. The third-order valence-electron chi connectivity index (χ3n) is 2.08. The molecule has 0 aliphatic heterocycles. The van der Waals surface area contributed by atoms with E-state index in [1.807, 2.05) is 43.3 Å². The molecule has 2 rings (SSSR count). The normalized spacial score (nSPS) is 13.1. The zero-order chi connectivity index (χ0) is 11.4. The fourth-order valence-corrected chi connectivity index (χ4v) is 1.33. The first-order valence-electron chi connectivity index (χ1n) is 5.03. The van der Waals surface area contributed by atoms with Crippen LogP contribution in [0.4, 0.5) is 0 Å². The number of H-pyrrole nitrogens is 1. The molecule has 5 heteroatoms. The van der Waals surface area contributed by atoms with Crippen molar-refractivity contribution in [1.82, 2.24) is 20.6 Å². The van der Waals surface area contributed by atoms with Gasteiger partial charge >= 0.3 is 0 Å². The largest absolute Gasteiger partial charge is 0.325 e. The van der Waals surface area contributed by atoms with E-state index in [1.165, 1.54) is 0 Å². The second kappa shape index (κ2) is 4.67. The van der Waals surface area contributed by atoms with E-state index in [1.54, 1.807) is 0 Å². The van der Waals surface area contributed by atoms with Crippen molar-refractivity contribution in [3.8, 4) is 11.4 Å². The number of rotatable bonds is 3. The van der Waals surface area contributed by atoms with Gasteiger partial charge in [-0.25, -0.2) is 0 Å². The number of hydrogen-bond acceptors (Lipinski definition) is 4. The van der Waals surface area contributed by atoms with Crippen LogP contribution < -0.4 is 5.73 Å². The minimum Gasteiger partial charge on any atom is -0.325 e. The van der Waals surface area contributed by atoms with Crippen LogP contribution in [-0.4, -0.2) is 26.7 Å². The standard InChI is InChI=1S/C11H13N5/c1-8(12)5-6-9-3-2-4-10(7-9)11-13-15-16-14-11/h2-8H,12H2,1H3,(H,13,14,15,16)/b6-5+. The fourth-order valence-electron chi connectivity index (χ4n) is 1.33. The molecular weight excluding hydrogens is 202 g/mol. The van der Waals surface area contributed by atoms with Gasteiger partial charge in [0.1, 0.15) is 0 Å². The highest BCUT2D eigenvalue weighted by atomic mass is 15.5. The van der Waals surface area contributed by atoms with Gasteiger partial charge in [0.25, 0.3) is 0 Å². The lowest BCUT2D eigenvalue weighted by molar-refractivity contribution is 0.881. The van der Waals surface area contributed by atoms with Crippen molar-refractivity contribution < 1.29 is 0 Å². The number of benzene rings is 1. The molecule has 0 aliphatic rings. The van der Waals surface area contributed by atoms with E-state index in [9.17, 15) is 0 Å². The van der Waals surface area contributed by atoms with E-state index in [0.29, 0.717) is 5.82 Å². The van der Waals surface area contributed by atoms with Gasteiger partial charge < -0.3 is 5.73 Å². The molecule has 5 nitrogen and oxygen atoms in total. The number of nitrogens with zero attached hydrogens (tertiary/aromatic N) is 3. The molecular formula is C11H13N5. The monoisotopic (exact) mass is 215 g/mol. The number of nitrogens with two attached hydrogens (primary N) is 1. The van der Waals surface area contributed by atoms with Crippen LogP contribution in [0.15, 0.2) is 30.3 Å². The summed E-state index contributed by atoms with van der Waals surface area (Å²) in [4.78, 5) is 0. The molecule has 1 aromatic carbocycles. The molecule has 3 N–H and O–H groups in total. The minimum absolute atomic E-state index is 0.0498. The molecule has 1 aromatic heterocycles. The van der Waals surface area contributed by atoms with Gasteiger partial charge in [-0.2, -0.15) is 5.21 Å². The molecule has 0 saturated carbocycles. The molecule has 1 atom stereocenters. The summed E-state index contributed by atoms with van der Waals surface area (Å²) in [6, 6.07) is 7.93. The van der Waals surface area contributed by atoms with E-state index in [4.69, 9.17) is 5.73 Å². The van der Waals surface area contributed by atoms with Crippen molar-refractivity contribution >= 4 is 6.08 Å². The molecule has 0 amide bonds. The van der Waals surface area contributed by atoms with Crippen LogP contribution in [-0.2, 0) is 0 Å². The Balaban J connectivity index is 2.27. The fraction of sp³-hybridized carbons (Fsp3) is 0.182. The van der Waals surface area contributed by atoms with Crippen LogP contribution in [0.5, 0.6) is 0 Å². The van der Waals surface area contributed by atoms with Crippen molar-refractivity contribution in [2.24, 2.45) is 5.73 Å². The van der Waals surface area contributed by atoms with Crippen molar-refractivity contribution in [1.29, 1.82) is 0 Å². The van der Waals surface area contributed by atoms with Gasteiger partial charge in [-0.3, -0.25) is 0 Å². The second-order valence-electron chi connectivity index (χ2n) is 3.58. The summed E-state index contributed by atoms with van der Waals surface area (Å²) in [6.07, 6.45) is 3.92. The van der Waals surface area contributed by atoms with Gasteiger partial charge in [0.05, 0.1) is 0 Å². The van der Waals surface area contributed by atoms with Crippen LogP contribution >= 0.6 is 0 Å². The lowest BCUT2D eigenvalue weighted by Crippen LogP contribution is -2.09. The Bertz CT molecular complexity index is 473. The van der Waals surface area contributed by atoms with Crippen molar-refractivity contribution in [3.05, 3.63) is 35.9 Å². The Morgan fingerprint density at radius 1 is 1.44 bits per heavy atom. The molecule has 2 aromatic rings. The molecule has 1 heterocycles. The Morgan fingerprint density at radius 3 is 3.00 bits per heavy atom. The first kappa shape index (κ1) is 10.5. The van der Waals surface area contributed by atoms with Gasteiger partial charge in [0.2, 0.25) is 5.82 Å². The number of hydrogen-bond donors (Lipinski definition) is 2. The van der Waals surface area contributed by atoms with Crippen LogP contribution in [0.25, 0.3) is 17.5 Å². The first-order chi connectivity index (χ1) is 7.75. The lowest BCUT2D eigenvalue weighted by atomic mass is 10.1. The molecule has 0 aliphatic carbocycles. The molecule has 0 radical (unpaired) electrons. The Hall–Kier alpha value is -2.01. The third-order valence-corrected chi connectivity index (χ3v) is 2.08. The summed E-state index contributed by atoms with van der Waals surface area (Å²) in [7, 11) is 0. The molecule has 0 saturated heterocycles. The van der Waals surface area contributed by atoms with Crippen LogP contribution in [0, 0.1) is 0 Å². The highest BCUT2D eigenvalue weighted by Gasteiger charge is 2.01. The van der Waals surface area contributed by atoms with Gasteiger partial charge in [-0.15, -0.1) is 10.2 Å². The SMILES string of the molecule is CC(N)/C=C/c1cccc(-c2nn[nH]n2)c1. The maximum Gasteiger partial charge on any atom is 0.204 e. The summed E-state index contributed by atoms with van der Waals surface area (Å²) in [5, 5.41) is 13.8. The number of aromatic nitrogens is 4. The Kier molecular flexibility index (Phi) is 3.07. The van der Waals surface area contributed by atoms with E-state index in [2.05, 4.69) is 20.6 Å². The van der Waals surface area contributed by atoms with Crippen LogP contribution in [0.2, 0.25) is 0 Å². The smallest absolute Gasteiger partial charge is 0.204 e. The topological polar surface area (TPSA) is 80.5 Å². The predicted octanol–water partition coefficient (Wildman–Crippen LogP) is 1.23. The van der Waals surface area contributed by atoms with E-state index in [-0.39, 0.29) is 6.04 Å². The van der Waals surface area contributed by atoms with Gasteiger partial charge in [-0.1, -0.05) is 30.4 Å². The van der Waals surface area contributed by atoms with Crippen LogP contribution in [0.1, 0.15) is 12.5 Å². The zero-order valence-electron chi connectivity index (χ0n) is 8.96. The maximum atomic E-state index is 5.65. The van der Waals surface area contributed by atoms with Crippen LogP contribution in [0.3, 0.4) is 0 Å². The van der Waals surface area contributed by atoms with E-state index in [0.717, 1.165) is 11.1 Å². The maximum absolute atomic E-state index is 5.65. The van der Waals surface area contributed by atoms with Gasteiger partial charge in [0, 0.05) is 11.6 Å². The third kappa shape index (κ3) is 2.52. The van der Waals surface area contributed by atoms with Crippen molar-refractivity contribution in [3.63, 3.8) is 0 Å². The lowest BCUT2D eigenvalue weighted by Gasteiger charge is -1.98. The minimum atomic E-state index is 0.0498. The highest BCUT2D eigenvalue weighted by Crippen LogP contribution is 2.15. The highest BCUT2D eigenvalue weighted by molar-refractivity contribution is 5.61. The summed E-state index contributed by atoms with van der Waals surface area (Å²) in [5.41, 5.74) is 7.65. The van der Waals surface area contributed by atoms with Gasteiger partial charge in [-0.05, 0) is 23.8 Å². The summed E-state index contributed by atoms with van der Waals surface area (Å²) < 4.78 is 0. The number of aromatic amines is 1. The predicted molar refractivity (Wildman–Crippen MR) is 62.3 cm³/mol. The molecule has 16 heavy (non-hydrogen) atoms. The molecule has 0 fully saturated rings. The quantitative estimate of drug-likeness (QED) is 0.806. The zero-order valence-corrected chi connectivity index (χ0v) is 8.96. The van der Waals surface area contributed by atoms with E-state index >= 15 is 0 Å². The molecule has 0 bridgehead atoms. The summed E-state index contributed by atoms with van der Waals surface area (Å²) >= 11 is 0. The first-order valence-corrected chi connectivity index (χ1v) is 5.03. The van der Waals surface area contributed by atoms with Crippen molar-refractivity contribution in [2.45, 2.75) is 13.0 Å². The average Bonchev–Trinajstić information content (AvgIpc) is 2.80. The molecule has 0 spiro atoms. The molecule has 1 unspecified atom stereocenters. The van der Waals surface area contributed by atoms with Gasteiger partial charge in [0.15, 0.2) is 0 Å². The Labute approximate surface area is 93.4 Å². The average molecular weight is 215 g/mol. The van der Waals surface area contributed by atoms with Crippen molar-refractivity contribution in [2.75, 3.05) is 0 Å². The second-order valence-corrected chi connectivity index (χ2v) is 3.58. The number of nitrogens with one attached hydrogen (secondary N) is 1. The Morgan fingerprint density at radius 2 is 2.31 bits per heavy atom. The number of tetrazole rings is 1. The summed E-state index contributed by atoms with van der Waals surface area (Å²) in [5.74, 6) is 0.594. The molecule has 82 valence electrons. The van der Waals surface area contributed by atoms with E-state index < -0.39 is 0 Å².